The van der Waals surface area contributed by atoms with Crippen LogP contribution < -0.4 is 16.0 Å². The Labute approximate surface area is 246 Å². The Hall–Kier alpha value is -4.48. The van der Waals surface area contributed by atoms with Crippen molar-refractivity contribution in [3.63, 3.8) is 0 Å². The molecule has 1 aliphatic rings. The molecule has 9 nitrogen and oxygen atoms in total. The molecule has 3 N–H and O–H groups in total. The van der Waals surface area contributed by atoms with Crippen molar-refractivity contribution in [2.24, 2.45) is 12.8 Å². The number of pyridine rings is 1. The molecule has 2 amide bonds. The number of carbonyl (C=O) groups excluding carboxylic acids is 2. The van der Waals surface area contributed by atoms with Gasteiger partial charge in [0.1, 0.15) is 17.3 Å². The second-order valence-corrected chi connectivity index (χ2v) is 11.7. The van der Waals surface area contributed by atoms with Gasteiger partial charge in [-0.2, -0.15) is 0 Å². The van der Waals surface area contributed by atoms with Gasteiger partial charge in [-0.05, 0) is 86.3 Å². The van der Waals surface area contributed by atoms with Crippen LogP contribution in [-0.4, -0.2) is 50.9 Å². The van der Waals surface area contributed by atoms with E-state index in [1.807, 2.05) is 38.1 Å². The molecule has 2 aromatic carbocycles. The molecule has 0 saturated carbocycles. The van der Waals surface area contributed by atoms with Crippen molar-refractivity contribution in [3.05, 3.63) is 82.9 Å². The van der Waals surface area contributed by atoms with E-state index in [4.69, 9.17) is 5.73 Å². The molecular weight excluding hydrogens is 553 g/mol. The first kappa shape index (κ1) is 27.7. The van der Waals surface area contributed by atoms with E-state index < -0.39 is 17.6 Å². The third-order valence-electron chi connectivity index (χ3n) is 7.67. The summed E-state index contributed by atoms with van der Waals surface area (Å²) in [6, 6.07) is 12.2. The molecule has 1 fully saturated rings. The van der Waals surface area contributed by atoms with Gasteiger partial charge in [-0.15, -0.1) is 16.4 Å². The number of fused-ring (bicyclic) bond motifs is 1. The molecule has 11 heteroatoms. The molecule has 4 heterocycles. The van der Waals surface area contributed by atoms with Crippen molar-refractivity contribution >= 4 is 39.1 Å². The number of primary amides is 1. The highest BCUT2D eigenvalue weighted by Crippen LogP contribution is 2.39. The maximum Gasteiger partial charge on any atom is 0.262 e. The lowest BCUT2D eigenvalue weighted by molar-refractivity contribution is 0.0965. The number of halogens is 1. The average molecular weight is 584 g/mol. The maximum absolute atomic E-state index is 15.6. The van der Waals surface area contributed by atoms with E-state index in [-0.39, 0.29) is 11.6 Å². The van der Waals surface area contributed by atoms with Crippen LogP contribution in [0.3, 0.4) is 0 Å². The highest BCUT2D eigenvalue weighted by molar-refractivity contribution is 7.22. The highest BCUT2D eigenvalue weighted by atomic mass is 32.1. The Morgan fingerprint density at radius 2 is 1.90 bits per heavy atom. The topological polar surface area (TPSA) is 119 Å². The molecule has 3 aromatic heterocycles. The molecule has 214 valence electrons. The van der Waals surface area contributed by atoms with Gasteiger partial charge in [0.25, 0.3) is 5.91 Å². The lowest BCUT2D eigenvalue weighted by Crippen LogP contribution is -2.49. The number of benzene rings is 2. The number of nitrogens with one attached hydrogen (secondary N) is 1. The van der Waals surface area contributed by atoms with Crippen molar-refractivity contribution in [2.75, 3.05) is 18.0 Å². The number of hydrogen-bond donors (Lipinski definition) is 2. The first-order valence-corrected chi connectivity index (χ1v) is 14.5. The first-order chi connectivity index (χ1) is 20.2. The molecule has 5 aromatic rings. The third kappa shape index (κ3) is 5.05. The van der Waals surface area contributed by atoms with Crippen LogP contribution in [0.15, 0.2) is 54.9 Å². The van der Waals surface area contributed by atoms with Gasteiger partial charge >= 0.3 is 0 Å². The lowest BCUT2D eigenvalue weighted by atomic mass is 9.98. The molecule has 1 atom stereocenters. The summed E-state index contributed by atoms with van der Waals surface area (Å²) in [5.41, 5.74) is 9.71. The number of aryl methyl sites for hydroxylation is 3. The van der Waals surface area contributed by atoms with Crippen LogP contribution >= 0.6 is 11.3 Å². The van der Waals surface area contributed by atoms with Crippen molar-refractivity contribution < 1.29 is 14.0 Å². The molecule has 1 saturated heterocycles. The number of nitrogens with zero attached hydrogens (tertiary/aromatic N) is 5. The second-order valence-electron chi connectivity index (χ2n) is 10.7. The summed E-state index contributed by atoms with van der Waals surface area (Å²) >= 11 is 1.57. The van der Waals surface area contributed by atoms with E-state index in [2.05, 4.69) is 20.6 Å². The largest absolute Gasteiger partial charge is 0.366 e. The highest BCUT2D eigenvalue weighted by Gasteiger charge is 2.32. The van der Waals surface area contributed by atoms with E-state index in [0.717, 1.165) is 51.0 Å². The van der Waals surface area contributed by atoms with Crippen molar-refractivity contribution in [3.8, 4) is 21.7 Å². The number of aromatic nitrogens is 4. The van der Waals surface area contributed by atoms with Gasteiger partial charge in [0, 0.05) is 45.9 Å². The number of carbonyl (C=O) groups is 2. The molecule has 0 bridgehead atoms. The van der Waals surface area contributed by atoms with Gasteiger partial charge in [0.05, 0.1) is 17.8 Å². The summed E-state index contributed by atoms with van der Waals surface area (Å²) in [5, 5.41) is 12.2. The summed E-state index contributed by atoms with van der Waals surface area (Å²) in [4.78, 5) is 33.4. The monoisotopic (exact) mass is 583 g/mol. The van der Waals surface area contributed by atoms with Crippen LogP contribution in [0.25, 0.3) is 31.8 Å². The summed E-state index contributed by atoms with van der Waals surface area (Å²) < 4.78 is 18.1. The number of hydrogen-bond acceptors (Lipinski definition) is 7. The fourth-order valence-electron chi connectivity index (χ4n) is 5.72. The molecule has 1 unspecified atom stereocenters. The third-order valence-corrected chi connectivity index (χ3v) is 8.82. The Bertz CT molecular complexity index is 1820. The molecular formula is C31H30FN7O2S. The van der Waals surface area contributed by atoms with Crippen molar-refractivity contribution in [1.29, 1.82) is 0 Å². The summed E-state index contributed by atoms with van der Waals surface area (Å²) in [6.45, 7) is 5.18. The fourth-order valence-corrected chi connectivity index (χ4v) is 6.76. The summed E-state index contributed by atoms with van der Waals surface area (Å²) in [5.74, 6) is -1.03. The minimum Gasteiger partial charge on any atom is -0.366 e. The summed E-state index contributed by atoms with van der Waals surface area (Å²) in [6.07, 6.45) is 5.03. The Morgan fingerprint density at radius 1 is 1.12 bits per heavy atom. The maximum atomic E-state index is 15.6. The molecule has 0 aliphatic carbocycles. The zero-order valence-corrected chi connectivity index (χ0v) is 24.3. The molecule has 1 aliphatic heterocycles. The zero-order valence-electron chi connectivity index (χ0n) is 23.5. The van der Waals surface area contributed by atoms with Crippen LogP contribution in [0.1, 0.15) is 44.7 Å². The van der Waals surface area contributed by atoms with Crippen LogP contribution in [-0.2, 0) is 7.05 Å². The van der Waals surface area contributed by atoms with Crippen molar-refractivity contribution in [1.82, 2.24) is 25.3 Å². The number of amides is 2. The van der Waals surface area contributed by atoms with E-state index in [1.165, 1.54) is 12.1 Å². The Kier molecular flexibility index (Phi) is 7.29. The zero-order chi connectivity index (χ0) is 29.5. The van der Waals surface area contributed by atoms with Gasteiger partial charge in [-0.3, -0.25) is 19.2 Å². The van der Waals surface area contributed by atoms with Crippen LogP contribution in [0, 0.1) is 19.7 Å². The normalized spacial score (nSPS) is 15.2. The fraction of sp³-hybridized carbons (Fsp3) is 0.258. The Morgan fingerprint density at radius 3 is 2.55 bits per heavy atom. The minimum atomic E-state index is -0.629. The molecule has 42 heavy (non-hydrogen) atoms. The van der Waals surface area contributed by atoms with E-state index in [1.54, 1.807) is 46.4 Å². The number of piperidine rings is 1. The lowest BCUT2D eigenvalue weighted by Gasteiger charge is -2.34. The number of nitrogens with two attached hydrogens (primary N) is 1. The predicted molar refractivity (Wildman–Crippen MR) is 162 cm³/mol. The molecule has 0 radical (unpaired) electrons. The van der Waals surface area contributed by atoms with Gasteiger partial charge in [-0.25, -0.2) is 9.37 Å². The molecule has 6 rings (SSSR count). The van der Waals surface area contributed by atoms with E-state index >= 15 is 4.39 Å². The number of rotatable bonds is 6. The minimum absolute atomic E-state index is 0.0317. The van der Waals surface area contributed by atoms with E-state index in [0.29, 0.717) is 29.2 Å². The predicted octanol–water partition coefficient (Wildman–Crippen LogP) is 5.01. The van der Waals surface area contributed by atoms with Gasteiger partial charge < -0.3 is 11.1 Å². The van der Waals surface area contributed by atoms with Gasteiger partial charge in [0.15, 0.2) is 0 Å². The van der Waals surface area contributed by atoms with Gasteiger partial charge in [0.2, 0.25) is 5.91 Å². The van der Waals surface area contributed by atoms with Gasteiger partial charge in [-0.1, -0.05) is 11.3 Å². The SMILES string of the molecule is Cc1cc(-c2cc3c(N(C(=O)c4ccc(-c5cn(C)nn5)cc4F)C4CCCNC4)nccc3s2)cc(C)c1C(N)=O. The van der Waals surface area contributed by atoms with Crippen LogP contribution in [0.2, 0.25) is 0 Å². The number of thiophene rings is 1. The van der Waals surface area contributed by atoms with Crippen LogP contribution in [0.5, 0.6) is 0 Å². The second kappa shape index (κ2) is 11.1. The standard InChI is InChI=1S/C31H30FN7O2S/c1-17-11-20(12-18(2)28(17)29(33)40)27-14-23-26(42-27)8-10-35-30(23)39(21-5-4-9-34-15-21)31(41)22-7-6-19(13-24(22)32)25-16-38(3)37-36-25/h6-8,10-14,16,21,34H,4-5,9,15H2,1-3H3,(H2,33,40). The Balaban J connectivity index is 1.43. The van der Waals surface area contributed by atoms with Crippen molar-refractivity contribution in [2.45, 2.75) is 32.7 Å². The molecule has 0 spiro atoms. The quantitative estimate of drug-likeness (QED) is 0.290. The average Bonchev–Trinajstić information content (AvgIpc) is 3.60. The van der Waals surface area contributed by atoms with E-state index in [9.17, 15) is 9.59 Å². The number of anilines is 1. The first-order valence-electron chi connectivity index (χ1n) is 13.7. The van der Waals surface area contributed by atoms with Crippen LogP contribution in [0.4, 0.5) is 10.2 Å². The smallest absolute Gasteiger partial charge is 0.262 e. The summed E-state index contributed by atoms with van der Waals surface area (Å²) in [7, 11) is 1.74.